The van der Waals surface area contributed by atoms with E-state index in [9.17, 15) is 9.90 Å². The fourth-order valence-electron chi connectivity index (χ4n) is 1.49. The zero-order valence-electron chi connectivity index (χ0n) is 10.3. The Morgan fingerprint density at radius 3 is 2.69 bits per heavy atom. The number of aliphatic hydroxyl groups excluding tert-OH is 1. The molecule has 0 radical (unpaired) electrons. The number of rotatable bonds is 10. The molecule has 0 aliphatic rings. The Hall–Kier alpha value is -0.830. The number of ether oxygens (including phenoxy) is 1. The van der Waals surface area contributed by atoms with Crippen LogP contribution in [-0.2, 0) is 9.53 Å². The van der Waals surface area contributed by atoms with Crippen LogP contribution in [0.5, 0.6) is 0 Å². The van der Waals surface area contributed by atoms with Gasteiger partial charge >= 0.3 is 5.97 Å². The van der Waals surface area contributed by atoms with E-state index >= 15 is 0 Å². The van der Waals surface area contributed by atoms with Crippen LogP contribution in [0.15, 0.2) is 12.7 Å². The Balaban J connectivity index is 3.39. The SMILES string of the molecule is C=CCOC(=O)CC(O)CCCCCCC. The van der Waals surface area contributed by atoms with Gasteiger partial charge in [-0.15, -0.1) is 0 Å². The summed E-state index contributed by atoms with van der Waals surface area (Å²) in [6.07, 6.45) is 7.54. The average Bonchev–Trinajstić information content (AvgIpc) is 2.26. The second-order valence-corrected chi connectivity index (χ2v) is 4.03. The molecule has 0 aliphatic carbocycles. The van der Waals surface area contributed by atoms with Crippen LogP contribution in [0.4, 0.5) is 0 Å². The largest absolute Gasteiger partial charge is 0.461 e. The molecule has 0 aliphatic heterocycles. The molecule has 0 bridgehead atoms. The van der Waals surface area contributed by atoms with Gasteiger partial charge in [0.1, 0.15) is 6.61 Å². The molecule has 0 saturated heterocycles. The zero-order valence-corrected chi connectivity index (χ0v) is 10.3. The molecule has 0 aromatic rings. The summed E-state index contributed by atoms with van der Waals surface area (Å²) in [6, 6.07) is 0. The van der Waals surface area contributed by atoms with E-state index in [1.165, 1.54) is 25.3 Å². The summed E-state index contributed by atoms with van der Waals surface area (Å²) in [5, 5.41) is 9.55. The maximum Gasteiger partial charge on any atom is 0.308 e. The zero-order chi connectivity index (χ0) is 12.2. The molecule has 0 heterocycles. The molecule has 1 N–H and O–H groups in total. The second kappa shape index (κ2) is 10.7. The van der Waals surface area contributed by atoms with E-state index in [0.717, 1.165) is 12.8 Å². The maximum atomic E-state index is 11.1. The van der Waals surface area contributed by atoms with Crippen molar-refractivity contribution >= 4 is 5.97 Å². The fraction of sp³-hybridized carbons (Fsp3) is 0.769. The summed E-state index contributed by atoms with van der Waals surface area (Å²) < 4.78 is 4.79. The van der Waals surface area contributed by atoms with Crippen molar-refractivity contribution in [2.24, 2.45) is 0 Å². The van der Waals surface area contributed by atoms with Gasteiger partial charge in [-0.2, -0.15) is 0 Å². The van der Waals surface area contributed by atoms with Gasteiger partial charge in [-0.25, -0.2) is 0 Å². The predicted octanol–water partition coefficient (Wildman–Crippen LogP) is 2.83. The van der Waals surface area contributed by atoms with Gasteiger partial charge in [-0.3, -0.25) is 4.79 Å². The van der Waals surface area contributed by atoms with E-state index < -0.39 is 6.10 Å². The van der Waals surface area contributed by atoms with Crippen LogP contribution in [0.1, 0.15) is 51.9 Å². The molecule has 94 valence electrons. The van der Waals surface area contributed by atoms with Crippen molar-refractivity contribution < 1.29 is 14.6 Å². The molecular formula is C13H24O3. The molecule has 3 heteroatoms. The molecule has 1 unspecified atom stereocenters. The van der Waals surface area contributed by atoms with Crippen molar-refractivity contribution in [2.75, 3.05) is 6.61 Å². The quantitative estimate of drug-likeness (QED) is 0.355. The molecule has 0 rings (SSSR count). The Labute approximate surface area is 98.5 Å². The van der Waals surface area contributed by atoms with Crippen LogP contribution in [0.3, 0.4) is 0 Å². The van der Waals surface area contributed by atoms with Crippen LogP contribution < -0.4 is 0 Å². The lowest BCUT2D eigenvalue weighted by molar-refractivity contribution is -0.144. The third-order valence-corrected chi connectivity index (χ3v) is 2.41. The smallest absolute Gasteiger partial charge is 0.308 e. The minimum Gasteiger partial charge on any atom is -0.461 e. The van der Waals surface area contributed by atoms with Gasteiger partial charge in [-0.05, 0) is 6.42 Å². The highest BCUT2D eigenvalue weighted by atomic mass is 16.5. The first-order valence-electron chi connectivity index (χ1n) is 6.15. The van der Waals surface area contributed by atoms with Gasteiger partial charge in [0, 0.05) is 0 Å². The molecule has 0 amide bonds. The lowest BCUT2D eigenvalue weighted by Gasteiger charge is -2.09. The van der Waals surface area contributed by atoms with E-state index in [4.69, 9.17) is 4.74 Å². The third-order valence-electron chi connectivity index (χ3n) is 2.41. The average molecular weight is 228 g/mol. The summed E-state index contributed by atoms with van der Waals surface area (Å²) in [5.74, 6) is -0.346. The van der Waals surface area contributed by atoms with E-state index in [1.807, 2.05) is 0 Å². The monoisotopic (exact) mass is 228 g/mol. The van der Waals surface area contributed by atoms with Crippen molar-refractivity contribution in [3.8, 4) is 0 Å². The number of carbonyl (C=O) groups excluding carboxylic acids is 1. The van der Waals surface area contributed by atoms with E-state index in [2.05, 4.69) is 13.5 Å². The van der Waals surface area contributed by atoms with Gasteiger partial charge < -0.3 is 9.84 Å². The molecule has 16 heavy (non-hydrogen) atoms. The van der Waals surface area contributed by atoms with Crippen molar-refractivity contribution in [3.05, 3.63) is 12.7 Å². The predicted molar refractivity (Wildman–Crippen MR) is 65.2 cm³/mol. The summed E-state index contributed by atoms with van der Waals surface area (Å²) >= 11 is 0. The van der Waals surface area contributed by atoms with Crippen molar-refractivity contribution in [1.29, 1.82) is 0 Å². The molecule has 3 nitrogen and oxygen atoms in total. The highest BCUT2D eigenvalue weighted by molar-refractivity contribution is 5.69. The Morgan fingerprint density at radius 1 is 1.38 bits per heavy atom. The molecule has 0 aromatic carbocycles. The van der Waals surface area contributed by atoms with Crippen molar-refractivity contribution in [3.63, 3.8) is 0 Å². The fourth-order valence-corrected chi connectivity index (χ4v) is 1.49. The van der Waals surface area contributed by atoms with Crippen molar-refractivity contribution in [2.45, 2.75) is 58.0 Å². The number of hydrogen-bond donors (Lipinski definition) is 1. The normalized spacial score (nSPS) is 12.1. The van der Waals surface area contributed by atoms with E-state index in [-0.39, 0.29) is 19.0 Å². The van der Waals surface area contributed by atoms with Gasteiger partial charge in [0.25, 0.3) is 0 Å². The van der Waals surface area contributed by atoms with E-state index in [1.54, 1.807) is 0 Å². The van der Waals surface area contributed by atoms with Gasteiger partial charge in [0.2, 0.25) is 0 Å². The topological polar surface area (TPSA) is 46.5 Å². The number of esters is 1. The molecule has 0 fully saturated rings. The summed E-state index contributed by atoms with van der Waals surface area (Å²) in [6.45, 7) is 5.85. The first kappa shape index (κ1) is 15.2. The summed E-state index contributed by atoms with van der Waals surface area (Å²) in [7, 11) is 0. The third kappa shape index (κ3) is 9.71. The van der Waals surface area contributed by atoms with Crippen LogP contribution in [0, 0.1) is 0 Å². The van der Waals surface area contributed by atoms with Gasteiger partial charge in [0.15, 0.2) is 0 Å². The first-order valence-corrected chi connectivity index (χ1v) is 6.15. The van der Waals surface area contributed by atoms with Crippen LogP contribution in [0.25, 0.3) is 0 Å². The highest BCUT2D eigenvalue weighted by Crippen LogP contribution is 2.09. The van der Waals surface area contributed by atoms with Crippen LogP contribution in [-0.4, -0.2) is 23.8 Å². The maximum absolute atomic E-state index is 11.1. The Bertz CT molecular complexity index is 190. The van der Waals surface area contributed by atoms with Gasteiger partial charge in [0.05, 0.1) is 12.5 Å². The standard InChI is InChI=1S/C13H24O3/c1-3-5-6-7-8-9-12(14)11-13(15)16-10-4-2/h4,12,14H,2-3,5-11H2,1H3. The molecule has 0 aromatic heterocycles. The number of hydrogen-bond acceptors (Lipinski definition) is 3. The number of unbranched alkanes of at least 4 members (excludes halogenated alkanes) is 4. The van der Waals surface area contributed by atoms with Crippen molar-refractivity contribution in [1.82, 2.24) is 0 Å². The Kier molecular flexibility index (Phi) is 10.1. The summed E-state index contributed by atoms with van der Waals surface area (Å²) in [5.41, 5.74) is 0. The molecule has 0 saturated carbocycles. The minimum absolute atomic E-state index is 0.0988. The van der Waals surface area contributed by atoms with Gasteiger partial charge in [-0.1, -0.05) is 51.7 Å². The number of aliphatic hydroxyl groups is 1. The summed E-state index contributed by atoms with van der Waals surface area (Å²) in [4.78, 5) is 11.1. The Morgan fingerprint density at radius 2 is 2.06 bits per heavy atom. The highest BCUT2D eigenvalue weighted by Gasteiger charge is 2.10. The second-order valence-electron chi connectivity index (χ2n) is 4.03. The number of carbonyl (C=O) groups is 1. The lowest BCUT2D eigenvalue weighted by Crippen LogP contribution is -2.15. The van der Waals surface area contributed by atoms with E-state index in [0.29, 0.717) is 6.42 Å². The van der Waals surface area contributed by atoms with Crippen LogP contribution in [0.2, 0.25) is 0 Å². The first-order chi connectivity index (χ1) is 7.70. The van der Waals surface area contributed by atoms with Crippen LogP contribution >= 0.6 is 0 Å². The molecule has 1 atom stereocenters. The molecular weight excluding hydrogens is 204 g/mol. The minimum atomic E-state index is -0.557. The molecule has 0 spiro atoms. The lowest BCUT2D eigenvalue weighted by atomic mass is 10.1.